The van der Waals surface area contributed by atoms with Crippen molar-refractivity contribution in [3.63, 3.8) is 0 Å². The van der Waals surface area contributed by atoms with Crippen LogP contribution in [0.1, 0.15) is 213 Å². The van der Waals surface area contributed by atoms with Crippen LogP contribution in [0.2, 0.25) is 0 Å². The van der Waals surface area contributed by atoms with E-state index in [4.69, 9.17) is 28.4 Å². The Morgan fingerprint density at radius 2 is 0.884 bits per heavy atom. The van der Waals surface area contributed by atoms with Crippen molar-refractivity contribution in [2.45, 2.75) is 280 Å². The third-order valence-corrected chi connectivity index (χ3v) is 13.2. The highest BCUT2D eigenvalue weighted by atomic mass is 16.7. The van der Waals surface area contributed by atoms with Crippen molar-refractivity contribution in [3.05, 3.63) is 24.3 Å². The van der Waals surface area contributed by atoms with E-state index in [2.05, 4.69) is 38.2 Å². The number of ether oxygens (including phenoxy) is 6. The molecule has 2 rings (SSSR count). The van der Waals surface area contributed by atoms with Crippen molar-refractivity contribution in [2.24, 2.45) is 0 Å². The van der Waals surface area contributed by atoms with E-state index in [-0.39, 0.29) is 26.1 Å². The van der Waals surface area contributed by atoms with Gasteiger partial charge >= 0.3 is 11.9 Å². The molecule has 2 fully saturated rings. The van der Waals surface area contributed by atoms with Crippen LogP contribution < -0.4 is 0 Å². The number of unbranched alkanes of at least 4 members (excludes halogenated alkanes) is 25. The minimum atomic E-state index is -1.77. The highest BCUT2D eigenvalue weighted by Crippen LogP contribution is 2.27. The zero-order chi connectivity index (χ0) is 50.3. The van der Waals surface area contributed by atoms with Crippen LogP contribution in [0, 0.1) is 0 Å². The Hall–Kier alpha value is -2.02. The molecule has 0 saturated carbocycles. The molecule has 0 aromatic rings. The average molecular weight is 987 g/mol. The first-order valence-electron chi connectivity index (χ1n) is 27.4. The fourth-order valence-corrected chi connectivity index (χ4v) is 8.65. The van der Waals surface area contributed by atoms with Crippen molar-refractivity contribution in [1.29, 1.82) is 0 Å². The molecule has 0 amide bonds. The van der Waals surface area contributed by atoms with Gasteiger partial charge < -0.3 is 64.2 Å². The predicted molar refractivity (Wildman–Crippen MR) is 266 cm³/mol. The van der Waals surface area contributed by atoms with Gasteiger partial charge in [0.2, 0.25) is 0 Å². The Balaban J connectivity index is 1.77. The number of carbonyl (C=O) groups is 2. The molecule has 15 nitrogen and oxygen atoms in total. The van der Waals surface area contributed by atoms with Gasteiger partial charge in [-0.3, -0.25) is 9.59 Å². The maximum absolute atomic E-state index is 13.0. The lowest BCUT2D eigenvalue weighted by Crippen LogP contribution is -2.61. The fourth-order valence-electron chi connectivity index (χ4n) is 8.65. The summed E-state index contributed by atoms with van der Waals surface area (Å²) in [6.07, 6.45) is 26.3. The molecular formula is C54H98O15. The van der Waals surface area contributed by atoms with Crippen LogP contribution in [-0.2, 0) is 38.0 Å². The van der Waals surface area contributed by atoms with E-state index in [9.17, 15) is 45.3 Å². The maximum Gasteiger partial charge on any atom is 0.306 e. The summed E-state index contributed by atoms with van der Waals surface area (Å²) in [5, 5.41) is 72.1. The highest BCUT2D eigenvalue weighted by Gasteiger charge is 2.47. The van der Waals surface area contributed by atoms with Crippen molar-refractivity contribution >= 4 is 11.9 Å². The summed E-state index contributed by atoms with van der Waals surface area (Å²) < 4.78 is 33.6. The standard InChI is InChI=1S/C54H98O15/c1-3-5-7-9-11-13-15-17-19-20-21-22-23-25-26-28-30-32-34-36-45(56)64-39-42(67-46(57)37-35-33-31-29-27-24-18-16-14-12-10-8-6-4-2)40-65-53-52(63)50(61)48(59)44(69-53)41-66-54-51(62)49(60)47(58)43(38-55)68-54/h10,12,16,18,42-44,47-55,58-63H,3-9,11,13-15,17,19-41H2,1-2H3/b12-10+,18-16+/t42-,43+,44+,47-,48-,49?,50?,51?,52?,53+,54+/m0/s1. The van der Waals surface area contributed by atoms with Gasteiger partial charge in [0.05, 0.1) is 19.8 Å². The van der Waals surface area contributed by atoms with Gasteiger partial charge in [0.1, 0.15) is 55.4 Å². The Morgan fingerprint density at radius 1 is 0.464 bits per heavy atom. The van der Waals surface area contributed by atoms with Crippen molar-refractivity contribution < 1.29 is 73.8 Å². The van der Waals surface area contributed by atoms with E-state index in [1.165, 1.54) is 109 Å². The lowest BCUT2D eigenvalue weighted by Gasteiger charge is -2.42. The molecule has 2 heterocycles. The topological polar surface area (TPSA) is 231 Å². The molecule has 7 N–H and O–H groups in total. The lowest BCUT2D eigenvalue weighted by molar-refractivity contribution is -0.332. The van der Waals surface area contributed by atoms with Gasteiger partial charge in [-0.1, -0.05) is 186 Å². The van der Waals surface area contributed by atoms with Gasteiger partial charge in [-0.25, -0.2) is 0 Å². The summed E-state index contributed by atoms with van der Waals surface area (Å²) in [4.78, 5) is 25.8. The molecule has 2 saturated heterocycles. The molecular weight excluding hydrogens is 889 g/mol. The summed E-state index contributed by atoms with van der Waals surface area (Å²) in [5.74, 6) is -0.932. The van der Waals surface area contributed by atoms with Crippen LogP contribution in [0.4, 0.5) is 0 Å². The van der Waals surface area contributed by atoms with Crippen LogP contribution in [0.15, 0.2) is 24.3 Å². The fraction of sp³-hybridized carbons (Fsp3) is 0.889. The van der Waals surface area contributed by atoms with Crippen LogP contribution in [0.5, 0.6) is 0 Å². The second-order valence-electron chi connectivity index (χ2n) is 19.4. The van der Waals surface area contributed by atoms with Gasteiger partial charge in [0.25, 0.3) is 0 Å². The molecule has 0 aromatic carbocycles. The lowest BCUT2D eigenvalue weighted by atomic mass is 9.98. The Bertz CT molecular complexity index is 1300. The highest BCUT2D eigenvalue weighted by molar-refractivity contribution is 5.70. The molecule has 11 atom stereocenters. The molecule has 4 unspecified atom stereocenters. The molecule has 0 aliphatic carbocycles. The number of allylic oxidation sites excluding steroid dienone is 4. The summed E-state index contributed by atoms with van der Waals surface area (Å²) >= 11 is 0. The summed E-state index contributed by atoms with van der Waals surface area (Å²) in [6, 6.07) is 0. The molecule has 0 bridgehead atoms. The number of carbonyl (C=O) groups excluding carboxylic acids is 2. The summed E-state index contributed by atoms with van der Waals surface area (Å²) in [5.41, 5.74) is 0. The van der Waals surface area contributed by atoms with Crippen molar-refractivity contribution in [3.8, 4) is 0 Å². The summed E-state index contributed by atoms with van der Waals surface area (Å²) in [6.45, 7) is 2.56. The van der Waals surface area contributed by atoms with E-state index < -0.39 is 92.7 Å². The first kappa shape index (κ1) is 63.1. The predicted octanol–water partition coefficient (Wildman–Crippen LogP) is 8.33. The van der Waals surface area contributed by atoms with E-state index in [0.717, 1.165) is 64.2 Å². The maximum atomic E-state index is 13.0. The third-order valence-electron chi connectivity index (χ3n) is 13.2. The zero-order valence-corrected chi connectivity index (χ0v) is 42.8. The van der Waals surface area contributed by atoms with Gasteiger partial charge in [-0.05, 0) is 38.5 Å². The Morgan fingerprint density at radius 3 is 1.39 bits per heavy atom. The Kier molecular flexibility index (Phi) is 37.9. The molecule has 0 radical (unpaired) electrons. The smallest absolute Gasteiger partial charge is 0.306 e. The van der Waals surface area contributed by atoms with Crippen LogP contribution in [-0.4, -0.2) is 142 Å². The van der Waals surface area contributed by atoms with Crippen molar-refractivity contribution in [2.75, 3.05) is 26.4 Å². The van der Waals surface area contributed by atoms with E-state index in [1.54, 1.807) is 0 Å². The molecule has 2 aliphatic rings. The normalized spacial score (nSPS) is 25.7. The molecule has 0 spiro atoms. The van der Waals surface area contributed by atoms with E-state index in [0.29, 0.717) is 12.8 Å². The minimum Gasteiger partial charge on any atom is -0.462 e. The number of rotatable bonds is 43. The zero-order valence-electron chi connectivity index (χ0n) is 42.8. The number of aliphatic hydroxyl groups excluding tert-OH is 7. The second-order valence-corrected chi connectivity index (χ2v) is 19.4. The quantitative estimate of drug-likeness (QED) is 0.0173. The van der Waals surface area contributed by atoms with Crippen LogP contribution in [0.3, 0.4) is 0 Å². The van der Waals surface area contributed by atoms with E-state index in [1.807, 2.05) is 0 Å². The second kappa shape index (κ2) is 41.5. The first-order valence-corrected chi connectivity index (χ1v) is 27.4. The van der Waals surface area contributed by atoms with E-state index >= 15 is 0 Å². The van der Waals surface area contributed by atoms with Crippen molar-refractivity contribution in [1.82, 2.24) is 0 Å². The minimum absolute atomic E-state index is 0.152. The monoisotopic (exact) mass is 987 g/mol. The molecule has 15 heteroatoms. The molecule has 69 heavy (non-hydrogen) atoms. The first-order chi connectivity index (χ1) is 33.5. The third kappa shape index (κ3) is 29.3. The van der Waals surface area contributed by atoms with Crippen LogP contribution >= 0.6 is 0 Å². The number of esters is 2. The molecule has 2 aliphatic heterocycles. The average Bonchev–Trinajstić information content (AvgIpc) is 3.34. The van der Waals surface area contributed by atoms with Crippen LogP contribution in [0.25, 0.3) is 0 Å². The number of hydrogen-bond acceptors (Lipinski definition) is 15. The Labute approximate surface area is 415 Å². The molecule has 0 aromatic heterocycles. The summed E-state index contributed by atoms with van der Waals surface area (Å²) in [7, 11) is 0. The number of aliphatic hydroxyl groups is 7. The van der Waals surface area contributed by atoms with Gasteiger partial charge in [0, 0.05) is 12.8 Å². The van der Waals surface area contributed by atoms with Gasteiger partial charge in [-0.2, -0.15) is 0 Å². The SMILES string of the molecule is CCCC/C=C/C/C=C/CCCCCCCC(=O)O[C@@H](COC(=O)CCCCCCCCCCCCCCCCCCCCC)CO[C@@H]1O[C@H](CO[C@@H]2O[C@H](CO)[C@H](O)C(O)C2O)[C@H](O)C(O)C1O. The number of hydrogen-bond donors (Lipinski definition) is 7. The van der Waals surface area contributed by atoms with Gasteiger partial charge in [0.15, 0.2) is 18.7 Å². The molecule has 404 valence electrons. The van der Waals surface area contributed by atoms with Gasteiger partial charge in [-0.15, -0.1) is 0 Å². The largest absolute Gasteiger partial charge is 0.462 e.